The maximum atomic E-state index is 10.5. The third-order valence-electron chi connectivity index (χ3n) is 4.22. The van der Waals surface area contributed by atoms with Gasteiger partial charge in [0, 0.05) is 24.1 Å². The zero-order chi connectivity index (χ0) is 13.7. The van der Waals surface area contributed by atoms with Gasteiger partial charge >= 0.3 is 0 Å². The first-order chi connectivity index (χ1) is 9.79. The van der Waals surface area contributed by atoms with E-state index in [0.717, 1.165) is 16.3 Å². The number of hydroxylamine groups is 2. The van der Waals surface area contributed by atoms with Crippen LogP contribution in [-0.4, -0.2) is 29.7 Å². The molecular weight excluding hydrogens is 250 g/mol. The summed E-state index contributed by atoms with van der Waals surface area (Å²) in [6, 6.07) is 6.16. The fourth-order valence-corrected chi connectivity index (χ4v) is 3.36. The highest BCUT2D eigenvalue weighted by atomic mass is 16.5. The minimum absolute atomic E-state index is 0.188. The Morgan fingerprint density at radius 1 is 1.25 bits per heavy atom. The summed E-state index contributed by atoms with van der Waals surface area (Å²) >= 11 is 0. The smallest absolute Gasteiger partial charge is 0.145 e. The van der Waals surface area contributed by atoms with Gasteiger partial charge in [-0.15, -0.1) is 0 Å². The summed E-state index contributed by atoms with van der Waals surface area (Å²) in [5.74, 6) is 1.14. The monoisotopic (exact) mass is 265 g/mol. The fraction of sp³-hybridized carbons (Fsp3) is 0.250. The fourth-order valence-electron chi connectivity index (χ4n) is 3.36. The number of allylic oxidation sites excluding steroid dienone is 3. The molecule has 0 radical (unpaired) electrons. The SMILES string of the molecule is CN=C1CN(O)C2=c3c(cccc3=N1)C1C=CC=CC21. The lowest BCUT2D eigenvalue weighted by Gasteiger charge is -2.25. The van der Waals surface area contributed by atoms with Gasteiger partial charge in [0.15, 0.2) is 0 Å². The topological polar surface area (TPSA) is 48.2 Å². The Morgan fingerprint density at radius 3 is 2.85 bits per heavy atom. The van der Waals surface area contributed by atoms with Gasteiger partial charge in [0.25, 0.3) is 0 Å². The molecular formula is C16H15N3O. The summed E-state index contributed by atoms with van der Waals surface area (Å²) in [4.78, 5) is 8.75. The van der Waals surface area contributed by atoms with Crippen molar-refractivity contribution in [3.05, 3.63) is 58.6 Å². The molecule has 2 unspecified atom stereocenters. The molecule has 0 amide bonds. The molecule has 20 heavy (non-hydrogen) atoms. The van der Waals surface area contributed by atoms with Gasteiger partial charge in [-0.1, -0.05) is 36.4 Å². The molecule has 0 fully saturated rings. The molecule has 1 aromatic carbocycles. The van der Waals surface area contributed by atoms with Crippen LogP contribution in [0.3, 0.4) is 0 Å². The molecule has 3 aliphatic rings. The summed E-state index contributed by atoms with van der Waals surface area (Å²) in [5.41, 5.74) is 2.19. The van der Waals surface area contributed by atoms with Crippen LogP contribution >= 0.6 is 0 Å². The first kappa shape index (κ1) is 11.6. The van der Waals surface area contributed by atoms with Crippen LogP contribution in [0.2, 0.25) is 0 Å². The predicted molar refractivity (Wildman–Crippen MR) is 77.0 cm³/mol. The second-order valence-corrected chi connectivity index (χ2v) is 5.26. The number of rotatable bonds is 0. The molecule has 1 aliphatic heterocycles. The normalized spacial score (nSPS) is 28.2. The highest BCUT2D eigenvalue weighted by Gasteiger charge is 2.36. The van der Waals surface area contributed by atoms with E-state index in [-0.39, 0.29) is 5.92 Å². The first-order valence-electron chi connectivity index (χ1n) is 6.78. The van der Waals surface area contributed by atoms with Gasteiger partial charge < -0.3 is 0 Å². The Kier molecular flexibility index (Phi) is 2.41. The predicted octanol–water partition coefficient (Wildman–Crippen LogP) is 0.987. The van der Waals surface area contributed by atoms with Gasteiger partial charge in [-0.25, -0.2) is 4.99 Å². The standard InChI is InChI=1S/C16H15N3O/c1-17-14-9-19(20)16-12-6-3-2-5-10(12)11-7-4-8-13(18-14)15(11)16/h2-8,10,12,20H,9H2,1H3. The third kappa shape index (κ3) is 1.45. The zero-order valence-electron chi connectivity index (χ0n) is 11.2. The Morgan fingerprint density at radius 2 is 2.05 bits per heavy atom. The highest BCUT2D eigenvalue weighted by Crippen LogP contribution is 2.39. The molecule has 0 aromatic heterocycles. The number of aliphatic imine (C=N–C) groups is 1. The highest BCUT2D eigenvalue weighted by molar-refractivity contribution is 5.86. The van der Waals surface area contributed by atoms with Gasteiger partial charge in [-0.2, -0.15) is 0 Å². The Bertz CT molecular complexity index is 788. The quantitative estimate of drug-likeness (QED) is 0.760. The summed E-state index contributed by atoms with van der Waals surface area (Å²) < 4.78 is 0. The van der Waals surface area contributed by atoms with E-state index >= 15 is 0 Å². The van der Waals surface area contributed by atoms with Crippen molar-refractivity contribution < 1.29 is 5.21 Å². The molecule has 0 saturated carbocycles. The molecule has 2 aliphatic carbocycles. The van der Waals surface area contributed by atoms with Crippen molar-refractivity contribution in [2.75, 3.05) is 13.6 Å². The summed E-state index contributed by atoms with van der Waals surface area (Å²) in [5, 5.41) is 13.8. The van der Waals surface area contributed by atoms with Crippen LogP contribution in [0.5, 0.6) is 0 Å². The van der Waals surface area contributed by atoms with Gasteiger partial charge in [0.1, 0.15) is 12.4 Å². The van der Waals surface area contributed by atoms with Crippen LogP contribution < -0.4 is 10.6 Å². The minimum Gasteiger partial charge on any atom is -0.288 e. The second-order valence-electron chi connectivity index (χ2n) is 5.26. The number of hydrogen-bond acceptors (Lipinski definition) is 3. The van der Waals surface area contributed by atoms with Crippen molar-refractivity contribution in [1.82, 2.24) is 5.06 Å². The average Bonchev–Trinajstić information content (AvgIpc) is 2.73. The second kappa shape index (κ2) is 4.15. The molecule has 4 nitrogen and oxygen atoms in total. The zero-order valence-corrected chi connectivity index (χ0v) is 11.2. The lowest BCUT2D eigenvalue weighted by molar-refractivity contribution is -0.0187. The van der Waals surface area contributed by atoms with Gasteiger partial charge in [0.2, 0.25) is 0 Å². The van der Waals surface area contributed by atoms with Crippen LogP contribution in [0.15, 0.2) is 52.5 Å². The minimum atomic E-state index is 0.188. The van der Waals surface area contributed by atoms with Crippen LogP contribution in [0.1, 0.15) is 11.5 Å². The number of amidine groups is 1. The van der Waals surface area contributed by atoms with E-state index in [2.05, 4.69) is 34.3 Å². The van der Waals surface area contributed by atoms with Crippen LogP contribution in [0, 0.1) is 5.92 Å². The van der Waals surface area contributed by atoms with Crippen LogP contribution in [-0.2, 0) is 0 Å². The van der Waals surface area contributed by atoms with Gasteiger partial charge in [-0.3, -0.25) is 15.3 Å². The molecule has 0 spiro atoms. The number of benzene rings is 1. The molecule has 4 rings (SSSR count). The maximum absolute atomic E-state index is 10.5. The van der Waals surface area contributed by atoms with Crippen LogP contribution in [0.4, 0.5) is 0 Å². The van der Waals surface area contributed by atoms with Gasteiger partial charge in [0.05, 0.1) is 11.1 Å². The van der Waals surface area contributed by atoms with Crippen molar-refractivity contribution in [3.8, 4) is 0 Å². The molecule has 4 heteroatoms. The third-order valence-corrected chi connectivity index (χ3v) is 4.22. The maximum Gasteiger partial charge on any atom is 0.145 e. The van der Waals surface area contributed by atoms with Crippen molar-refractivity contribution in [1.29, 1.82) is 0 Å². The van der Waals surface area contributed by atoms with Crippen LogP contribution in [0.25, 0.3) is 5.70 Å². The lowest BCUT2D eigenvalue weighted by atomic mass is 9.87. The molecule has 2 atom stereocenters. The first-order valence-corrected chi connectivity index (χ1v) is 6.78. The van der Waals surface area contributed by atoms with E-state index in [4.69, 9.17) is 0 Å². The van der Waals surface area contributed by atoms with E-state index in [0.29, 0.717) is 18.3 Å². The van der Waals surface area contributed by atoms with Crippen molar-refractivity contribution >= 4 is 11.5 Å². The molecule has 0 bridgehead atoms. The lowest BCUT2D eigenvalue weighted by Crippen LogP contribution is -2.31. The van der Waals surface area contributed by atoms with Gasteiger partial charge in [-0.05, 0) is 11.6 Å². The van der Waals surface area contributed by atoms with E-state index in [1.54, 1.807) is 7.05 Å². The Balaban J connectivity index is 2.11. The van der Waals surface area contributed by atoms with E-state index in [1.807, 2.05) is 18.2 Å². The summed E-state index contributed by atoms with van der Waals surface area (Å²) in [6.07, 6.45) is 8.47. The molecule has 1 heterocycles. The number of hydrogen-bond donors (Lipinski definition) is 1. The van der Waals surface area contributed by atoms with Crippen molar-refractivity contribution in [3.63, 3.8) is 0 Å². The van der Waals surface area contributed by atoms with E-state index in [9.17, 15) is 5.21 Å². The average molecular weight is 265 g/mol. The Hall–Kier alpha value is -2.20. The molecule has 0 saturated heterocycles. The summed E-state index contributed by atoms with van der Waals surface area (Å²) in [7, 11) is 1.71. The molecule has 1 aromatic rings. The Labute approximate surface area is 116 Å². The largest absolute Gasteiger partial charge is 0.288 e. The van der Waals surface area contributed by atoms with Crippen molar-refractivity contribution in [2.24, 2.45) is 15.9 Å². The summed E-state index contributed by atoms with van der Waals surface area (Å²) in [6.45, 7) is 0.334. The van der Waals surface area contributed by atoms with E-state index < -0.39 is 0 Å². The molecule has 1 N–H and O–H groups in total. The number of nitrogens with zero attached hydrogens (tertiary/aromatic N) is 3. The molecule has 100 valence electrons. The number of fused-ring (bicyclic) bond motifs is 3. The van der Waals surface area contributed by atoms with E-state index in [1.165, 1.54) is 10.6 Å². The van der Waals surface area contributed by atoms with Crippen molar-refractivity contribution in [2.45, 2.75) is 5.92 Å².